The Morgan fingerprint density at radius 1 is 1.46 bits per heavy atom. The van der Waals surface area contributed by atoms with Crippen LogP contribution in [0, 0.1) is 0 Å². The molecule has 13 heavy (non-hydrogen) atoms. The second kappa shape index (κ2) is 3.59. The third-order valence-electron chi connectivity index (χ3n) is 1.57. The van der Waals surface area contributed by atoms with Gasteiger partial charge in [0.05, 0.1) is 22.6 Å². The fraction of sp³-hybridized carbons (Fsp3) is 0.125. The molecule has 0 aromatic carbocycles. The summed E-state index contributed by atoms with van der Waals surface area (Å²) >= 11 is 1.55. The summed E-state index contributed by atoms with van der Waals surface area (Å²) in [6, 6.07) is 1.85. The summed E-state index contributed by atoms with van der Waals surface area (Å²) in [5.74, 6) is 0.658. The van der Waals surface area contributed by atoms with Crippen LogP contribution in [0.4, 0.5) is 0 Å². The summed E-state index contributed by atoms with van der Waals surface area (Å²) < 4.78 is 0. The van der Waals surface area contributed by atoms with Crippen molar-refractivity contribution in [1.29, 1.82) is 0 Å². The molecule has 2 rings (SSSR count). The topological polar surface area (TPSA) is 64.7 Å². The number of nitrogens with zero attached hydrogens (tertiary/aromatic N) is 3. The summed E-state index contributed by atoms with van der Waals surface area (Å²) in [4.78, 5) is 13.3. The van der Waals surface area contributed by atoms with Crippen molar-refractivity contribution in [3.05, 3.63) is 29.8 Å². The highest BCUT2D eigenvalue weighted by Gasteiger charge is 2.01. The van der Waals surface area contributed by atoms with Crippen molar-refractivity contribution in [2.45, 2.75) is 6.54 Å². The lowest BCUT2D eigenvalue weighted by Gasteiger charge is -1.97. The molecule has 0 spiro atoms. The van der Waals surface area contributed by atoms with E-state index in [-0.39, 0.29) is 0 Å². The monoisotopic (exact) mass is 192 g/mol. The van der Waals surface area contributed by atoms with Gasteiger partial charge in [0, 0.05) is 12.4 Å². The third kappa shape index (κ3) is 1.71. The van der Waals surface area contributed by atoms with E-state index in [1.165, 1.54) is 0 Å². The van der Waals surface area contributed by atoms with Crippen molar-refractivity contribution in [1.82, 2.24) is 15.0 Å². The number of rotatable bonds is 2. The van der Waals surface area contributed by atoms with Gasteiger partial charge in [0.1, 0.15) is 5.82 Å². The molecule has 66 valence electrons. The number of nitrogens with two attached hydrogens (primary N) is 1. The molecule has 0 aliphatic carbocycles. The molecular formula is C8H8N4S. The number of aromatic nitrogens is 3. The molecular weight excluding hydrogens is 184 g/mol. The van der Waals surface area contributed by atoms with E-state index in [1.807, 2.05) is 6.07 Å². The highest BCUT2D eigenvalue weighted by atomic mass is 32.1. The average molecular weight is 192 g/mol. The van der Waals surface area contributed by atoms with Crippen molar-refractivity contribution in [3.63, 3.8) is 0 Å². The Hall–Kier alpha value is -1.33. The molecule has 0 unspecified atom stereocenters. The molecule has 2 aromatic rings. The van der Waals surface area contributed by atoms with E-state index in [0.717, 1.165) is 10.6 Å². The van der Waals surface area contributed by atoms with Gasteiger partial charge >= 0.3 is 0 Å². The summed E-state index contributed by atoms with van der Waals surface area (Å²) in [6.07, 6.45) is 3.50. The van der Waals surface area contributed by atoms with E-state index in [4.69, 9.17) is 5.73 Å². The minimum atomic E-state index is 0.368. The Bertz CT molecular complexity index is 385. The van der Waals surface area contributed by atoms with Crippen LogP contribution in [0.15, 0.2) is 24.0 Å². The maximum absolute atomic E-state index is 5.43. The highest BCUT2D eigenvalue weighted by Crippen LogP contribution is 2.19. The lowest BCUT2D eigenvalue weighted by Crippen LogP contribution is -2.02. The second-order valence-corrected chi connectivity index (χ2v) is 3.31. The zero-order chi connectivity index (χ0) is 9.10. The van der Waals surface area contributed by atoms with Crippen molar-refractivity contribution in [2.24, 2.45) is 5.73 Å². The zero-order valence-corrected chi connectivity index (χ0v) is 7.66. The lowest BCUT2D eigenvalue weighted by atomic mass is 10.3. The molecule has 2 N–H and O–H groups in total. The van der Waals surface area contributed by atoms with E-state index in [1.54, 1.807) is 29.2 Å². The normalized spacial score (nSPS) is 10.2. The van der Waals surface area contributed by atoms with Crippen LogP contribution in [0.5, 0.6) is 0 Å². The first-order valence-electron chi connectivity index (χ1n) is 3.81. The number of thiazole rings is 1. The first kappa shape index (κ1) is 8.28. The van der Waals surface area contributed by atoms with E-state index in [2.05, 4.69) is 15.0 Å². The largest absolute Gasteiger partial charge is 0.324 e. The summed E-state index contributed by atoms with van der Waals surface area (Å²) in [6.45, 7) is 0.368. The molecule has 0 amide bonds. The fourth-order valence-corrected chi connectivity index (χ4v) is 1.57. The van der Waals surface area contributed by atoms with Gasteiger partial charge in [-0.05, 0) is 6.07 Å². The maximum atomic E-state index is 5.43. The van der Waals surface area contributed by atoms with E-state index < -0.39 is 0 Å². The van der Waals surface area contributed by atoms with Gasteiger partial charge in [-0.2, -0.15) is 0 Å². The second-order valence-electron chi connectivity index (χ2n) is 2.43. The van der Waals surface area contributed by atoms with E-state index >= 15 is 0 Å². The van der Waals surface area contributed by atoms with Gasteiger partial charge in [-0.3, -0.25) is 4.98 Å². The van der Waals surface area contributed by atoms with Crippen LogP contribution in [-0.4, -0.2) is 15.0 Å². The van der Waals surface area contributed by atoms with Gasteiger partial charge in [0.2, 0.25) is 0 Å². The first-order valence-corrected chi connectivity index (χ1v) is 4.69. The average Bonchev–Trinajstić information content (AvgIpc) is 2.71. The van der Waals surface area contributed by atoms with Gasteiger partial charge < -0.3 is 5.73 Å². The molecule has 2 aromatic heterocycles. The molecule has 2 heterocycles. The predicted octanol–water partition coefficient (Wildman–Crippen LogP) is 1.06. The standard InChI is InChI=1S/C8H8N4S/c9-3-8-11-2-1-6(12-8)7-4-10-5-13-7/h1-2,4-5H,3,9H2. The van der Waals surface area contributed by atoms with E-state index in [9.17, 15) is 0 Å². The third-order valence-corrected chi connectivity index (χ3v) is 2.37. The summed E-state index contributed by atoms with van der Waals surface area (Å²) in [5.41, 5.74) is 8.10. The maximum Gasteiger partial charge on any atom is 0.142 e. The SMILES string of the molecule is NCc1nccc(-c2cncs2)n1. The van der Waals surface area contributed by atoms with Crippen LogP contribution in [0.3, 0.4) is 0 Å². The van der Waals surface area contributed by atoms with Crippen LogP contribution < -0.4 is 5.73 Å². The molecule has 5 heteroatoms. The van der Waals surface area contributed by atoms with Crippen LogP contribution in [0.25, 0.3) is 10.6 Å². The number of hydrogen-bond acceptors (Lipinski definition) is 5. The first-order chi connectivity index (χ1) is 6.40. The lowest BCUT2D eigenvalue weighted by molar-refractivity contribution is 0.913. The minimum absolute atomic E-state index is 0.368. The minimum Gasteiger partial charge on any atom is -0.324 e. The van der Waals surface area contributed by atoms with Crippen LogP contribution in [0.2, 0.25) is 0 Å². The van der Waals surface area contributed by atoms with Crippen molar-refractivity contribution in [2.75, 3.05) is 0 Å². The summed E-state index contributed by atoms with van der Waals surface area (Å²) in [5, 5.41) is 0. The Kier molecular flexibility index (Phi) is 2.29. The van der Waals surface area contributed by atoms with Crippen LogP contribution in [0.1, 0.15) is 5.82 Å². The fourth-order valence-electron chi connectivity index (χ4n) is 0.977. The van der Waals surface area contributed by atoms with Crippen molar-refractivity contribution < 1.29 is 0 Å². The van der Waals surface area contributed by atoms with Crippen LogP contribution >= 0.6 is 11.3 Å². The smallest absolute Gasteiger partial charge is 0.142 e. The molecule has 0 radical (unpaired) electrons. The zero-order valence-electron chi connectivity index (χ0n) is 6.84. The van der Waals surface area contributed by atoms with Gasteiger partial charge in [0.25, 0.3) is 0 Å². The molecule has 0 saturated carbocycles. The molecule has 0 aliphatic heterocycles. The molecule has 4 nitrogen and oxygen atoms in total. The van der Waals surface area contributed by atoms with Gasteiger partial charge in [0.15, 0.2) is 0 Å². The van der Waals surface area contributed by atoms with Crippen LogP contribution in [-0.2, 0) is 6.54 Å². The summed E-state index contributed by atoms with van der Waals surface area (Å²) in [7, 11) is 0. The van der Waals surface area contributed by atoms with E-state index in [0.29, 0.717) is 12.4 Å². The number of hydrogen-bond donors (Lipinski definition) is 1. The van der Waals surface area contributed by atoms with Gasteiger partial charge in [-0.25, -0.2) is 9.97 Å². The molecule has 0 bridgehead atoms. The van der Waals surface area contributed by atoms with Gasteiger partial charge in [-0.15, -0.1) is 11.3 Å². The Morgan fingerprint density at radius 2 is 2.38 bits per heavy atom. The highest BCUT2D eigenvalue weighted by molar-refractivity contribution is 7.13. The quantitative estimate of drug-likeness (QED) is 0.772. The Morgan fingerprint density at radius 3 is 3.08 bits per heavy atom. The predicted molar refractivity (Wildman–Crippen MR) is 51.0 cm³/mol. The molecule has 0 aliphatic rings. The Balaban J connectivity index is 2.41. The van der Waals surface area contributed by atoms with Gasteiger partial charge in [-0.1, -0.05) is 0 Å². The molecule has 0 atom stereocenters. The molecule has 0 saturated heterocycles. The Labute approximate surface area is 79.5 Å². The molecule has 0 fully saturated rings. The van der Waals surface area contributed by atoms with Crippen molar-refractivity contribution >= 4 is 11.3 Å². The van der Waals surface area contributed by atoms with Crippen molar-refractivity contribution in [3.8, 4) is 10.6 Å².